The molecule has 1 aromatic carbocycles. The van der Waals surface area contributed by atoms with E-state index in [1.54, 1.807) is 7.11 Å². The summed E-state index contributed by atoms with van der Waals surface area (Å²) in [6.45, 7) is 7.33. The molecule has 0 amide bonds. The Morgan fingerprint density at radius 1 is 1.08 bits per heavy atom. The minimum Gasteiger partial charge on any atom is -0.497 e. The largest absolute Gasteiger partial charge is 0.497 e. The van der Waals surface area contributed by atoms with Crippen molar-refractivity contribution >= 4 is 5.97 Å². The van der Waals surface area contributed by atoms with Crippen molar-refractivity contribution in [1.82, 2.24) is 0 Å². The Morgan fingerprint density at radius 2 is 1.80 bits per heavy atom. The SMILES string of the molecule is COc1ccc(C(=O)O[C@H]2CC[C@@H]3C24[C@H]2[C@@H](CC[C@@]34C)C2(C)C)cc1. The highest BCUT2D eigenvalue weighted by Crippen LogP contribution is 2.92. The number of methoxy groups -OCH3 is 1. The minimum atomic E-state index is -0.169. The Balaban J connectivity index is 1.40. The van der Waals surface area contributed by atoms with E-state index in [1.807, 2.05) is 24.3 Å². The van der Waals surface area contributed by atoms with Crippen LogP contribution in [0.25, 0.3) is 0 Å². The molecule has 0 radical (unpaired) electrons. The number of fused-ring (bicyclic) bond motifs is 2. The summed E-state index contributed by atoms with van der Waals surface area (Å²) in [6, 6.07) is 7.27. The first-order valence-corrected chi connectivity index (χ1v) is 9.72. The molecule has 134 valence electrons. The van der Waals surface area contributed by atoms with Gasteiger partial charge in [-0.3, -0.25) is 0 Å². The molecule has 0 heterocycles. The Kier molecular flexibility index (Phi) is 2.90. The summed E-state index contributed by atoms with van der Waals surface area (Å²) in [5.74, 6) is 2.95. The van der Waals surface area contributed by atoms with Crippen LogP contribution < -0.4 is 4.74 Å². The molecular formula is C22H28O3. The number of benzene rings is 1. The maximum atomic E-state index is 12.8. The third kappa shape index (κ3) is 1.70. The number of carbonyl (C=O) groups is 1. The minimum absolute atomic E-state index is 0.103. The summed E-state index contributed by atoms with van der Waals surface area (Å²) in [5, 5.41) is 0. The van der Waals surface area contributed by atoms with Crippen LogP contribution in [-0.2, 0) is 4.74 Å². The van der Waals surface area contributed by atoms with Crippen molar-refractivity contribution in [3.63, 3.8) is 0 Å². The molecule has 0 saturated heterocycles. The van der Waals surface area contributed by atoms with Gasteiger partial charge in [-0.25, -0.2) is 4.79 Å². The lowest BCUT2D eigenvalue weighted by atomic mass is 9.75. The van der Waals surface area contributed by atoms with Crippen LogP contribution in [-0.4, -0.2) is 19.2 Å². The van der Waals surface area contributed by atoms with Crippen LogP contribution in [0, 0.1) is 34.0 Å². The molecule has 0 N–H and O–H groups in total. The summed E-state index contributed by atoms with van der Waals surface area (Å²) in [6.07, 6.45) is 5.06. The van der Waals surface area contributed by atoms with E-state index < -0.39 is 0 Å². The van der Waals surface area contributed by atoms with E-state index in [4.69, 9.17) is 9.47 Å². The summed E-state index contributed by atoms with van der Waals surface area (Å²) in [7, 11) is 1.63. The molecule has 5 rings (SSSR count). The quantitative estimate of drug-likeness (QED) is 0.748. The normalized spacial score (nSPS) is 45.0. The number of rotatable bonds is 3. The molecule has 25 heavy (non-hydrogen) atoms. The number of hydrogen-bond donors (Lipinski definition) is 0. The van der Waals surface area contributed by atoms with Crippen LogP contribution in [0.4, 0.5) is 0 Å². The van der Waals surface area contributed by atoms with E-state index in [9.17, 15) is 4.79 Å². The molecule has 4 aliphatic rings. The maximum absolute atomic E-state index is 12.8. The monoisotopic (exact) mass is 340 g/mol. The standard InChI is InChI=1S/C22H28O3/c1-20(2)15-11-12-21(3)16-9-10-17(22(16,21)18(15)20)25-19(23)13-5-7-14(24-4)8-6-13/h5-8,15-18H,9-12H2,1-4H3/t15-,16+,17+,18+,21+,22?/m1/s1. The van der Waals surface area contributed by atoms with Crippen molar-refractivity contribution in [2.24, 2.45) is 34.0 Å². The summed E-state index contributed by atoms with van der Waals surface area (Å²) >= 11 is 0. The maximum Gasteiger partial charge on any atom is 0.338 e. The van der Waals surface area contributed by atoms with Gasteiger partial charge >= 0.3 is 5.97 Å². The van der Waals surface area contributed by atoms with Crippen molar-refractivity contribution in [3.05, 3.63) is 29.8 Å². The zero-order chi connectivity index (χ0) is 17.6. The lowest BCUT2D eigenvalue weighted by molar-refractivity contribution is -0.0112. The van der Waals surface area contributed by atoms with Crippen LogP contribution in [0.3, 0.4) is 0 Å². The van der Waals surface area contributed by atoms with Gasteiger partial charge in [-0.2, -0.15) is 0 Å². The van der Waals surface area contributed by atoms with Crippen molar-refractivity contribution in [3.8, 4) is 5.75 Å². The zero-order valence-corrected chi connectivity index (χ0v) is 15.7. The van der Waals surface area contributed by atoms with E-state index in [0.717, 1.165) is 29.9 Å². The van der Waals surface area contributed by atoms with E-state index >= 15 is 0 Å². The van der Waals surface area contributed by atoms with Crippen LogP contribution in [0.1, 0.15) is 56.8 Å². The van der Waals surface area contributed by atoms with Gasteiger partial charge in [-0.1, -0.05) is 20.8 Å². The number of esters is 1. The van der Waals surface area contributed by atoms with Crippen LogP contribution in [0.2, 0.25) is 0 Å². The molecular weight excluding hydrogens is 312 g/mol. The molecule has 3 heteroatoms. The Morgan fingerprint density at radius 3 is 2.48 bits per heavy atom. The molecule has 4 saturated carbocycles. The number of hydrogen-bond acceptors (Lipinski definition) is 3. The molecule has 1 aromatic rings. The molecule has 1 spiro atoms. The van der Waals surface area contributed by atoms with Crippen molar-refractivity contribution in [1.29, 1.82) is 0 Å². The third-order valence-electron chi connectivity index (χ3n) is 8.62. The van der Waals surface area contributed by atoms with E-state index in [1.165, 1.54) is 19.3 Å². The van der Waals surface area contributed by atoms with Gasteiger partial charge in [0.15, 0.2) is 0 Å². The smallest absolute Gasteiger partial charge is 0.338 e. The fraction of sp³-hybridized carbons (Fsp3) is 0.682. The second-order valence-corrected chi connectivity index (χ2v) is 9.55. The summed E-state index contributed by atoms with van der Waals surface area (Å²) in [5.41, 5.74) is 1.74. The molecule has 0 bridgehead atoms. The first kappa shape index (κ1) is 15.7. The molecule has 3 nitrogen and oxygen atoms in total. The van der Waals surface area contributed by atoms with Crippen LogP contribution in [0.5, 0.6) is 5.75 Å². The van der Waals surface area contributed by atoms with Crippen molar-refractivity contribution in [2.45, 2.75) is 52.6 Å². The highest BCUT2D eigenvalue weighted by molar-refractivity contribution is 5.89. The number of carbonyl (C=O) groups excluding carboxylic acids is 1. The fourth-order valence-electron chi connectivity index (χ4n) is 7.48. The average Bonchev–Trinajstić information content (AvgIpc) is 3.28. The molecule has 4 fully saturated rings. The van der Waals surface area contributed by atoms with Gasteiger partial charge in [-0.15, -0.1) is 0 Å². The molecule has 0 aromatic heterocycles. The van der Waals surface area contributed by atoms with Gasteiger partial charge < -0.3 is 9.47 Å². The predicted octanol–water partition coefficient (Wildman–Crippen LogP) is 4.70. The second kappa shape index (κ2) is 4.61. The van der Waals surface area contributed by atoms with E-state index in [0.29, 0.717) is 16.4 Å². The van der Waals surface area contributed by atoms with Gasteiger partial charge in [0.05, 0.1) is 12.7 Å². The molecule has 1 unspecified atom stereocenters. The first-order chi connectivity index (χ1) is 11.9. The van der Waals surface area contributed by atoms with Gasteiger partial charge in [0.2, 0.25) is 0 Å². The van der Waals surface area contributed by atoms with E-state index in [-0.39, 0.29) is 17.5 Å². The van der Waals surface area contributed by atoms with Crippen molar-refractivity contribution < 1.29 is 14.3 Å². The fourth-order valence-corrected chi connectivity index (χ4v) is 7.48. The summed E-state index contributed by atoms with van der Waals surface area (Å²) in [4.78, 5) is 12.8. The highest BCUT2D eigenvalue weighted by Gasteiger charge is 2.90. The van der Waals surface area contributed by atoms with Gasteiger partial charge in [0.1, 0.15) is 11.9 Å². The topological polar surface area (TPSA) is 35.5 Å². The molecule has 0 aliphatic heterocycles. The van der Waals surface area contributed by atoms with Gasteiger partial charge in [0, 0.05) is 5.41 Å². The summed E-state index contributed by atoms with van der Waals surface area (Å²) < 4.78 is 11.3. The first-order valence-electron chi connectivity index (χ1n) is 9.72. The van der Waals surface area contributed by atoms with Gasteiger partial charge in [0.25, 0.3) is 0 Å². The highest BCUT2D eigenvalue weighted by atomic mass is 16.5. The predicted molar refractivity (Wildman–Crippen MR) is 95.5 cm³/mol. The third-order valence-corrected chi connectivity index (χ3v) is 8.62. The Hall–Kier alpha value is -1.51. The second-order valence-electron chi connectivity index (χ2n) is 9.55. The average molecular weight is 340 g/mol. The van der Waals surface area contributed by atoms with Crippen molar-refractivity contribution in [2.75, 3.05) is 7.11 Å². The molecule has 4 aliphatic carbocycles. The van der Waals surface area contributed by atoms with Crippen LogP contribution in [0.15, 0.2) is 24.3 Å². The van der Waals surface area contributed by atoms with E-state index in [2.05, 4.69) is 20.8 Å². The van der Waals surface area contributed by atoms with Crippen LogP contribution >= 0.6 is 0 Å². The Bertz CT molecular complexity index is 736. The molecule has 6 atom stereocenters. The lowest BCUT2D eigenvalue weighted by Gasteiger charge is -2.34. The Labute approximate surface area is 150 Å². The van der Waals surface area contributed by atoms with Gasteiger partial charge in [-0.05, 0) is 78.5 Å². The zero-order valence-electron chi connectivity index (χ0n) is 15.7. The lowest BCUT2D eigenvalue weighted by Crippen LogP contribution is -2.35. The number of ether oxygens (including phenoxy) is 2.